The smallest absolute Gasteiger partial charge is 0.328 e. The number of halogens is 3. The van der Waals surface area contributed by atoms with Crippen LogP contribution in [0.2, 0.25) is 0 Å². The van der Waals surface area contributed by atoms with E-state index in [1.807, 2.05) is 6.92 Å². The Kier molecular flexibility index (Phi) is 7.26. The van der Waals surface area contributed by atoms with Gasteiger partial charge in [0.2, 0.25) is 0 Å². The number of rotatable bonds is 7. The lowest BCUT2D eigenvalue weighted by Crippen LogP contribution is -2.50. The van der Waals surface area contributed by atoms with E-state index in [0.717, 1.165) is 38.9 Å². The van der Waals surface area contributed by atoms with E-state index in [1.54, 1.807) is 0 Å². The van der Waals surface area contributed by atoms with Gasteiger partial charge in [-0.2, -0.15) is 13.2 Å². The van der Waals surface area contributed by atoms with Gasteiger partial charge in [0, 0.05) is 38.8 Å². The third kappa shape index (κ3) is 8.07. The van der Waals surface area contributed by atoms with E-state index in [-0.39, 0.29) is 6.04 Å². The van der Waals surface area contributed by atoms with Crippen LogP contribution in [-0.2, 0) is 0 Å². The standard InChI is InChI=1S/C14H28F3N3/c1-12(4-3-5-13(2)18)10-19-6-8-20(9-7-19)11-14(15,16)17/h12-13H,3-11,18H2,1-2H3. The molecule has 1 rings (SSSR count). The van der Waals surface area contributed by atoms with Crippen molar-refractivity contribution in [3.63, 3.8) is 0 Å². The molecule has 0 aromatic rings. The summed E-state index contributed by atoms with van der Waals surface area (Å²) in [6.07, 6.45) is -0.755. The molecule has 3 nitrogen and oxygen atoms in total. The predicted molar refractivity (Wildman–Crippen MR) is 75.6 cm³/mol. The minimum atomic E-state index is -4.08. The molecule has 0 aromatic carbocycles. The van der Waals surface area contributed by atoms with Crippen molar-refractivity contribution in [1.29, 1.82) is 0 Å². The number of hydrogen-bond acceptors (Lipinski definition) is 3. The first kappa shape index (κ1) is 17.7. The molecule has 2 N–H and O–H groups in total. The van der Waals surface area contributed by atoms with Gasteiger partial charge in [-0.25, -0.2) is 0 Å². The highest BCUT2D eigenvalue weighted by atomic mass is 19.4. The maximum absolute atomic E-state index is 12.3. The van der Waals surface area contributed by atoms with E-state index in [2.05, 4.69) is 11.8 Å². The maximum Gasteiger partial charge on any atom is 0.401 e. The van der Waals surface area contributed by atoms with Crippen molar-refractivity contribution >= 4 is 0 Å². The molecule has 1 fully saturated rings. The second kappa shape index (κ2) is 8.20. The lowest BCUT2D eigenvalue weighted by Gasteiger charge is -2.36. The van der Waals surface area contributed by atoms with Crippen LogP contribution in [0.15, 0.2) is 0 Å². The maximum atomic E-state index is 12.3. The fourth-order valence-corrected chi connectivity index (χ4v) is 2.70. The Bertz CT molecular complexity index is 261. The van der Waals surface area contributed by atoms with Gasteiger partial charge in [-0.15, -0.1) is 0 Å². The van der Waals surface area contributed by atoms with E-state index < -0.39 is 12.7 Å². The molecular formula is C14H28F3N3. The summed E-state index contributed by atoms with van der Waals surface area (Å²) < 4.78 is 36.9. The van der Waals surface area contributed by atoms with Gasteiger partial charge in [-0.1, -0.05) is 13.3 Å². The fourth-order valence-electron chi connectivity index (χ4n) is 2.70. The first-order chi connectivity index (χ1) is 9.26. The Labute approximate surface area is 120 Å². The minimum Gasteiger partial charge on any atom is -0.328 e. The van der Waals surface area contributed by atoms with E-state index >= 15 is 0 Å². The molecule has 2 atom stereocenters. The molecule has 0 bridgehead atoms. The van der Waals surface area contributed by atoms with Crippen molar-refractivity contribution in [2.24, 2.45) is 11.7 Å². The molecule has 0 saturated carbocycles. The van der Waals surface area contributed by atoms with Crippen LogP contribution in [0.1, 0.15) is 33.1 Å². The monoisotopic (exact) mass is 295 g/mol. The van der Waals surface area contributed by atoms with Gasteiger partial charge in [-0.3, -0.25) is 4.90 Å². The average molecular weight is 295 g/mol. The van der Waals surface area contributed by atoms with Crippen LogP contribution in [-0.4, -0.2) is 61.3 Å². The van der Waals surface area contributed by atoms with Gasteiger partial charge in [0.15, 0.2) is 0 Å². The topological polar surface area (TPSA) is 32.5 Å². The van der Waals surface area contributed by atoms with Gasteiger partial charge < -0.3 is 10.6 Å². The molecule has 0 radical (unpaired) electrons. The van der Waals surface area contributed by atoms with Crippen LogP contribution in [0, 0.1) is 5.92 Å². The Morgan fingerprint density at radius 3 is 2.05 bits per heavy atom. The molecule has 0 amide bonds. The summed E-state index contributed by atoms with van der Waals surface area (Å²) >= 11 is 0. The number of nitrogens with two attached hydrogens (primary N) is 1. The highest BCUT2D eigenvalue weighted by Crippen LogP contribution is 2.18. The van der Waals surface area contributed by atoms with Crippen LogP contribution in [0.5, 0.6) is 0 Å². The predicted octanol–water partition coefficient (Wildman–Crippen LogP) is 2.32. The Morgan fingerprint density at radius 1 is 1.00 bits per heavy atom. The van der Waals surface area contributed by atoms with Crippen molar-refractivity contribution in [3.8, 4) is 0 Å². The van der Waals surface area contributed by atoms with E-state index in [4.69, 9.17) is 5.73 Å². The molecule has 1 saturated heterocycles. The molecule has 1 aliphatic heterocycles. The summed E-state index contributed by atoms with van der Waals surface area (Å²) in [5.74, 6) is 0.586. The normalized spacial score (nSPS) is 21.9. The van der Waals surface area contributed by atoms with Crippen LogP contribution in [0.3, 0.4) is 0 Å². The Balaban J connectivity index is 2.15. The molecule has 1 aliphatic rings. The third-order valence-corrected chi connectivity index (χ3v) is 3.79. The summed E-state index contributed by atoms with van der Waals surface area (Å²) in [5.41, 5.74) is 5.72. The van der Waals surface area contributed by atoms with Crippen molar-refractivity contribution < 1.29 is 13.2 Å². The molecule has 0 aliphatic carbocycles. The zero-order valence-electron chi connectivity index (χ0n) is 12.6. The van der Waals surface area contributed by atoms with Gasteiger partial charge in [0.05, 0.1) is 6.54 Å². The summed E-state index contributed by atoms with van der Waals surface area (Å²) in [7, 11) is 0. The molecule has 0 aromatic heterocycles. The Hall–Kier alpha value is -0.330. The minimum absolute atomic E-state index is 0.258. The summed E-state index contributed by atoms with van der Waals surface area (Å²) in [4.78, 5) is 3.78. The quantitative estimate of drug-likeness (QED) is 0.782. The van der Waals surface area contributed by atoms with Gasteiger partial charge in [-0.05, 0) is 25.7 Å². The van der Waals surface area contributed by atoms with Crippen LogP contribution >= 0.6 is 0 Å². The van der Waals surface area contributed by atoms with Gasteiger partial charge in [0.25, 0.3) is 0 Å². The molecule has 120 valence electrons. The Morgan fingerprint density at radius 2 is 1.55 bits per heavy atom. The zero-order valence-corrected chi connectivity index (χ0v) is 12.6. The van der Waals surface area contributed by atoms with Crippen LogP contribution < -0.4 is 5.73 Å². The molecule has 6 heteroatoms. The third-order valence-electron chi connectivity index (χ3n) is 3.79. The van der Waals surface area contributed by atoms with Gasteiger partial charge >= 0.3 is 6.18 Å². The van der Waals surface area contributed by atoms with Crippen molar-refractivity contribution in [1.82, 2.24) is 9.80 Å². The second-order valence-electron chi connectivity index (χ2n) is 6.21. The van der Waals surface area contributed by atoms with Crippen molar-refractivity contribution in [2.75, 3.05) is 39.3 Å². The van der Waals surface area contributed by atoms with E-state index in [0.29, 0.717) is 19.0 Å². The van der Waals surface area contributed by atoms with E-state index in [9.17, 15) is 13.2 Å². The summed E-state index contributed by atoms with van der Waals surface area (Å²) in [6.45, 7) is 6.97. The highest BCUT2D eigenvalue weighted by Gasteiger charge is 2.32. The molecular weight excluding hydrogens is 267 g/mol. The summed E-state index contributed by atoms with van der Waals surface area (Å²) in [5, 5.41) is 0. The average Bonchev–Trinajstić information content (AvgIpc) is 2.29. The largest absolute Gasteiger partial charge is 0.401 e. The first-order valence-electron chi connectivity index (χ1n) is 7.53. The SMILES string of the molecule is CC(N)CCCC(C)CN1CCN(CC(F)(F)F)CC1. The molecule has 20 heavy (non-hydrogen) atoms. The van der Waals surface area contributed by atoms with Crippen molar-refractivity contribution in [2.45, 2.75) is 45.3 Å². The van der Waals surface area contributed by atoms with Crippen LogP contribution in [0.4, 0.5) is 13.2 Å². The molecule has 2 unspecified atom stereocenters. The van der Waals surface area contributed by atoms with Gasteiger partial charge in [0.1, 0.15) is 0 Å². The van der Waals surface area contributed by atoms with Crippen molar-refractivity contribution in [3.05, 3.63) is 0 Å². The number of piperazine rings is 1. The number of alkyl halides is 3. The van der Waals surface area contributed by atoms with E-state index in [1.165, 1.54) is 4.90 Å². The highest BCUT2D eigenvalue weighted by molar-refractivity contribution is 4.75. The van der Waals surface area contributed by atoms with Crippen LogP contribution in [0.25, 0.3) is 0 Å². The lowest BCUT2D eigenvalue weighted by molar-refractivity contribution is -0.149. The number of hydrogen-bond donors (Lipinski definition) is 1. The second-order valence-corrected chi connectivity index (χ2v) is 6.21. The lowest BCUT2D eigenvalue weighted by atomic mass is 10.0. The fraction of sp³-hybridized carbons (Fsp3) is 1.00. The first-order valence-corrected chi connectivity index (χ1v) is 7.53. The number of nitrogens with zero attached hydrogens (tertiary/aromatic N) is 2. The zero-order chi connectivity index (χ0) is 15.2. The molecule has 0 spiro atoms. The summed E-state index contributed by atoms with van der Waals surface area (Å²) in [6, 6.07) is 0.258. The molecule has 1 heterocycles.